The van der Waals surface area contributed by atoms with Crippen LogP contribution in [-0.2, 0) is 25.4 Å². The second-order valence-electron chi connectivity index (χ2n) is 15.0. The van der Waals surface area contributed by atoms with Crippen LogP contribution in [-0.4, -0.2) is 102 Å². The lowest BCUT2D eigenvalue weighted by Gasteiger charge is -2.38. The highest BCUT2D eigenvalue weighted by Crippen LogP contribution is 2.40. The van der Waals surface area contributed by atoms with Gasteiger partial charge < -0.3 is 35.8 Å². The van der Waals surface area contributed by atoms with Gasteiger partial charge in [-0.15, -0.1) is 0 Å². The molecule has 3 aromatic carbocycles. The van der Waals surface area contributed by atoms with Crippen molar-refractivity contribution in [3.63, 3.8) is 0 Å². The maximum Gasteiger partial charge on any atom is 0.421 e. The van der Waals surface area contributed by atoms with Gasteiger partial charge in [-0.1, -0.05) is 36.9 Å². The van der Waals surface area contributed by atoms with Gasteiger partial charge in [0.1, 0.15) is 23.2 Å². The molecular weight excluding hydrogens is 794 g/mol. The average molecular weight is 841 g/mol. The zero-order valence-electron chi connectivity index (χ0n) is 33.6. The molecule has 5 N–H and O–H groups in total. The number of nitrogens with zero attached hydrogens (tertiary/aromatic N) is 5. The van der Waals surface area contributed by atoms with Crippen LogP contribution in [0.15, 0.2) is 85.6 Å². The Bertz CT molecular complexity index is 2240. The summed E-state index contributed by atoms with van der Waals surface area (Å²) in [6.07, 6.45) is -0.317. The lowest BCUT2D eigenvalue weighted by atomic mass is 9.89. The van der Waals surface area contributed by atoms with Gasteiger partial charge in [0.15, 0.2) is 0 Å². The van der Waals surface area contributed by atoms with E-state index in [1.54, 1.807) is 42.5 Å². The normalized spacial score (nSPS) is 17.6. The number of carbonyl (C=O) groups excluding carboxylic acids is 4. The minimum Gasteiger partial charge on any atom is -0.494 e. The second kappa shape index (κ2) is 18.7. The minimum atomic E-state index is -4.72. The first-order valence-electron chi connectivity index (χ1n) is 20.0. The van der Waals surface area contributed by atoms with E-state index in [1.165, 1.54) is 12.7 Å². The van der Waals surface area contributed by atoms with Crippen molar-refractivity contribution in [2.24, 2.45) is 0 Å². The van der Waals surface area contributed by atoms with Gasteiger partial charge in [-0.05, 0) is 80.2 Å². The SMILES string of the molecule is C=CC(=O)Nc1cc(Nc2ncc(C(F)(F)F)c(Nc3ccccc3)n2)c(OC)cc1N1CCN(C(=O)CN2CCC(c3ccc(NC4CCC(=O)NC4=O)cc3)CC2)CC1. The molecule has 7 rings (SSSR count). The van der Waals surface area contributed by atoms with Crippen molar-refractivity contribution in [2.45, 2.75) is 43.8 Å². The molecule has 3 saturated heterocycles. The van der Waals surface area contributed by atoms with E-state index in [0.717, 1.165) is 37.7 Å². The fourth-order valence-electron chi connectivity index (χ4n) is 7.70. The Balaban J connectivity index is 0.959. The van der Waals surface area contributed by atoms with E-state index in [0.29, 0.717) is 80.5 Å². The van der Waals surface area contributed by atoms with Gasteiger partial charge in [-0.3, -0.25) is 29.4 Å². The predicted octanol–water partition coefficient (Wildman–Crippen LogP) is 5.86. The number of carbonyl (C=O) groups is 4. The summed E-state index contributed by atoms with van der Waals surface area (Å²) >= 11 is 0. The summed E-state index contributed by atoms with van der Waals surface area (Å²) in [5.41, 5.74) is 2.67. The molecule has 1 aromatic heterocycles. The molecule has 3 aliphatic rings. The highest BCUT2D eigenvalue weighted by Gasteiger charge is 2.36. The fraction of sp³-hybridized carbons (Fsp3) is 0.349. The summed E-state index contributed by atoms with van der Waals surface area (Å²) in [6, 6.07) is 19.3. The summed E-state index contributed by atoms with van der Waals surface area (Å²) in [5.74, 6) is -0.924. The molecule has 15 nitrogen and oxygen atoms in total. The average Bonchev–Trinajstić information content (AvgIpc) is 3.25. The number of likely N-dealkylation sites (tertiary alicyclic amines) is 1. The number of alkyl halides is 3. The lowest BCUT2D eigenvalue weighted by molar-refractivity contribution is -0.137. The number of amides is 4. The fourth-order valence-corrected chi connectivity index (χ4v) is 7.70. The number of rotatable bonds is 13. The van der Waals surface area contributed by atoms with Gasteiger partial charge in [0.05, 0.1) is 30.7 Å². The summed E-state index contributed by atoms with van der Waals surface area (Å²) in [7, 11) is 1.45. The van der Waals surface area contributed by atoms with Gasteiger partial charge in [0.25, 0.3) is 0 Å². The Morgan fingerprint density at radius 2 is 1.64 bits per heavy atom. The van der Waals surface area contributed by atoms with Crippen molar-refractivity contribution in [2.75, 3.05) is 79.1 Å². The number of para-hydroxylation sites is 1. The van der Waals surface area contributed by atoms with E-state index in [2.05, 4.69) is 60.2 Å². The molecule has 1 unspecified atom stereocenters. The van der Waals surface area contributed by atoms with Gasteiger partial charge in [-0.25, -0.2) is 4.98 Å². The van der Waals surface area contributed by atoms with E-state index in [1.807, 2.05) is 21.9 Å². The number of aromatic nitrogens is 2. The Hall–Kier alpha value is -6.69. The van der Waals surface area contributed by atoms with Crippen molar-refractivity contribution in [3.8, 4) is 5.75 Å². The summed E-state index contributed by atoms with van der Waals surface area (Å²) in [6.45, 7) is 7.25. The standard InChI is InChI=1S/C43H47F3N10O5/c1-3-37(57)50-33-23-34(51-42-47-25-31(43(44,45)46)40(53-42)49-29-7-5-4-6-8-29)36(61-2)24-35(33)55-19-21-56(22-20-55)39(59)26-54-17-15-28(16-18-54)27-9-11-30(12-10-27)48-32-13-14-38(58)52-41(32)60/h3-12,23-25,28,32,48H,1,13-22,26H2,2H3,(H,50,57)(H,52,58,60)(H2,47,49,51,53). The smallest absolute Gasteiger partial charge is 0.421 e. The number of hydrogen-bond donors (Lipinski definition) is 5. The predicted molar refractivity (Wildman–Crippen MR) is 225 cm³/mol. The second-order valence-corrected chi connectivity index (χ2v) is 15.0. The quantitative estimate of drug-likeness (QED) is 0.0804. The maximum atomic E-state index is 13.9. The number of piperazine rings is 1. The first-order valence-corrected chi connectivity index (χ1v) is 20.0. The van der Waals surface area contributed by atoms with Crippen LogP contribution in [0.1, 0.15) is 42.7 Å². The molecule has 0 saturated carbocycles. The maximum absolute atomic E-state index is 13.9. The molecule has 1 atom stereocenters. The van der Waals surface area contributed by atoms with E-state index in [4.69, 9.17) is 4.74 Å². The van der Waals surface area contributed by atoms with E-state index in [9.17, 15) is 32.3 Å². The molecule has 320 valence electrons. The molecule has 4 heterocycles. The highest BCUT2D eigenvalue weighted by atomic mass is 19.4. The number of anilines is 7. The van der Waals surface area contributed by atoms with E-state index in [-0.39, 0.29) is 29.4 Å². The lowest BCUT2D eigenvalue weighted by Crippen LogP contribution is -2.52. The van der Waals surface area contributed by atoms with Gasteiger partial charge in [0, 0.05) is 56.2 Å². The first-order chi connectivity index (χ1) is 29.4. The number of hydrogen-bond acceptors (Lipinski definition) is 12. The molecule has 3 fully saturated rings. The van der Waals surface area contributed by atoms with Crippen LogP contribution in [0.2, 0.25) is 0 Å². The van der Waals surface area contributed by atoms with Crippen LogP contribution in [0.5, 0.6) is 5.75 Å². The third kappa shape index (κ3) is 10.6. The molecular formula is C43H47F3N10O5. The van der Waals surface area contributed by atoms with Crippen LogP contribution < -0.4 is 36.2 Å². The van der Waals surface area contributed by atoms with Gasteiger partial charge >= 0.3 is 6.18 Å². The van der Waals surface area contributed by atoms with Crippen molar-refractivity contribution in [3.05, 3.63) is 96.7 Å². The van der Waals surface area contributed by atoms with Gasteiger partial charge in [-0.2, -0.15) is 18.2 Å². The van der Waals surface area contributed by atoms with Crippen molar-refractivity contribution >= 4 is 63.8 Å². The van der Waals surface area contributed by atoms with Crippen LogP contribution in [0.25, 0.3) is 0 Å². The van der Waals surface area contributed by atoms with E-state index < -0.39 is 29.5 Å². The summed E-state index contributed by atoms with van der Waals surface area (Å²) in [4.78, 5) is 63.8. The monoisotopic (exact) mass is 840 g/mol. The Morgan fingerprint density at radius 1 is 0.918 bits per heavy atom. The molecule has 4 amide bonds. The highest BCUT2D eigenvalue weighted by molar-refractivity contribution is 6.02. The van der Waals surface area contributed by atoms with Crippen LogP contribution >= 0.6 is 0 Å². The summed E-state index contributed by atoms with van der Waals surface area (Å²) in [5, 5.41) is 14.1. The van der Waals surface area contributed by atoms with Crippen LogP contribution in [0.3, 0.4) is 0 Å². The van der Waals surface area contributed by atoms with E-state index >= 15 is 0 Å². The Morgan fingerprint density at radius 3 is 2.30 bits per heavy atom. The molecule has 4 aromatic rings. The molecule has 0 spiro atoms. The first kappa shape index (κ1) is 42.4. The van der Waals surface area contributed by atoms with Crippen molar-refractivity contribution < 1.29 is 37.1 Å². The summed E-state index contributed by atoms with van der Waals surface area (Å²) < 4.78 is 47.4. The zero-order chi connectivity index (χ0) is 43.1. The number of benzene rings is 3. The third-order valence-corrected chi connectivity index (χ3v) is 11.0. The number of methoxy groups -OCH3 is 1. The number of piperidine rings is 2. The molecule has 18 heteroatoms. The Kier molecular flexibility index (Phi) is 13.0. The van der Waals surface area contributed by atoms with Crippen molar-refractivity contribution in [1.82, 2.24) is 25.1 Å². The number of halogens is 3. The van der Waals surface area contributed by atoms with Crippen LogP contribution in [0.4, 0.5) is 53.4 Å². The number of ether oxygens (including phenoxy) is 1. The molecule has 0 aliphatic carbocycles. The number of imide groups is 1. The van der Waals surface area contributed by atoms with Gasteiger partial charge in [0.2, 0.25) is 29.6 Å². The largest absolute Gasteiger partial charge is 0.494 e. The van der Waals surface area contributed by atoms with Crippen LogP contribution in [0, 0.1) is 0 Å². The topological polar surface area (TPSA) is 173 Å². The number of nitrogens with one attached hydrogen (secondary N) is 5. The molecule has 0 bridgehead atoms. The Labute approximate surface area is 350 Å². The molecule has 0 radical (unpaired) electrons. The molecule has 3 aliphatic heterocycles. The minimum absolute atomic E-state index is 0.0388. The molecule has 61 heavy (non-hydrogen) atoms. The third-order valence-electron chi connectivity index (χ3n) is 11.0. The zero-order valence-corrected chi connectivity index (χ0v) is 33.6. The van der Waals surface area contributed by atoms with Crippen molar-refractivity contribution in [1.29, 1.82) is 0 Å².